The highest BCUT2D eigenvalue weighted by Crippen LogP contribution is 2.32. The van der Waals surface area contributed by atoms with Crippen LogP contribution in [0.25, 0.3) is 0 Å². The van der Waals surface area contributed by atoms with Crippen molar-refractivity contribution in [2.75, 3.05) is 4.90 Å². The van der Waals surface area contributed by atoms with Crippen LogP contribution in [0.15, 0.2) is 47.2 Å². The average molecular weight is 317 g/mol. The fourth-order valence-electron chi connectivity index (χ4n) is 2.10. The summed E-state index contributed by atoms with van der Waals surface area (Å²) in [5.41, 5.74) is 2.05. The molecule has 1 aliphatic heterocycles. The van der Waals surface area contributed by atoms with Crippen molar-refractivity contribution in [3.8, 4) is 0 Å². The van der Waals surface area contributed by atoms with E-state index in [-0.39, 0.29) is 0 Å². The maximum Gasteiger partial charge on any atom is 0.299 e. The number of aromatic nitrogens is 1. The summed E-state index contributed by atoms with van der Waals surface area (Å²) >= 11 is 3.31. The maximum absolute atomic E-state index is 12.0. The molecule has 0 fully saturated rings. The Kier molecular flexibility index (Phi) is 2.91. The molecule has 1 aliphatic rings. The van der Waals surface area contributed by atoms with Crippen molar-refractivity contribution in [1.82, 2.24) is 4.98 Å². The molecule has 0 bridgehead atoms. The molecule has 1 aromatic carbocycles. The first-order valence-corrected chi connectivity index (χ1v) is 6.51. The van der Waals surface area contributed by atoms with Gasteiger partial charge in [-0.1, -0.05) is 15.9 Å². The van der Waals surface area contributed by atoms with Gasteiger partial charge in [0.05, 0.1) is 17.8 Å². The lowest BCUT2D eigenvalue weighted by atomic mass is 10.1. The number of carbonyl (C=O) groups excluding carboxylic acids is 2. The molecule has 0 aliphatic carbocycles. The van der Waals surface area contributed by atoms with Crippen molar-refractivity contribution in [2.24, 2.45) is 0 Å². The van der Waals surface area contributed by atoms with Gasteiger partial charge in [-0.25, -0.2) is 0 Å². The Morgan fingerprint density at radius 2 is 1.84 bits per heavy atom. The fourth-order valence-corrected chi connectivity index (χ4v) is 2.46. The van der Waals surface area contributed by atoms with Crippen molar-refractivity contribution in [1.29, 1.82) is 0 Å². The molecule has 4 nitrogen and oxygen atoms in total. The molecule has 0 unspecified atom stereocenters. The molecule has 3 rings (SSSR count). The molecule has 2 heterocycles. The fraction of sp³-hybridized carbons (Fsp3) is 0.0714. The van der Waals surface area contributed by atoms with E-state index in [2.05, 4.69) is 20.9 Å². The van der Waals surface area contributed by atoms with Crippen molar-refractivity contribution >= 4 is 33.3 Å². The smallest absolute Gasteiger partial charge is 0.299 e. The summed E-state index contributed by atoms with van der Waals surface area (Å²) in [6.07, 6.45) is 3.33. The van der Waals surface area contributed by atoms with Gasteiger partial charge in [0.25, 0.3) is 11.7 Å². The Morgan fingerprint density at radius 1 is 1.11 bits per heavy atom. The first-order chi connectivity index (χ1) is 9.16. The van der Waals surface area contributed by atoms with Crippen LogP contribution < -0.4 is 4.90 Å². The summed E-state index contributed by atoms with van der Waals surface area (Å²) < 4.78 is 0.790. The number of fused-ring (bicyclic) bond motifs is 1. The second-order valence-corrected chi connectivity index (χ2v) is 5.15. The van der Waals surface area contributed by atoms with Gasteiger partial charge < -0.3 is 4.90 Å². The summed E-state index contributed by atoms with van der Waals surface area (Å²) in [7, 11) is 0. The van der Waals surface area contributed by atoms with Crippen LogP contribution >= 0.6 is 15.9 Å². The Labute approximate surface area is 118 Å². The second-order valence-electron chi connectivity index (χ2n) is 4.24. The molecule has 94 valence electrons. The van der Waals surface area contributed by atoms with Gasteiger partial charge in [-0.2, -0.15) is 0 Å². The Balaban J connectivity index is 2.00. The number of hydrogen-bond acceptors (Lipinski definition) is 3. The SMILES string of the molecule is O=C1C(=O)N(Cc2ccncc2)c2ccc(Br)cc21. The van der Waals surface area contributed by atoms with Gasteiger partial charge in [0.2, 0.25) is 0 Å². The van der Waals surface area contributed by atoms with Crippen LogP contribution in [-0.4, -0.2) is 16.7 Å². The normalized spacial score (nSPS) is 13.8. The number of pyridine rings is 1. The number of amides is 1. The van der Waals surface area contributed by atoms with E-state index in [1.165, 1.54) is 4.90 Å². The van der Waals surface area contributed by atoms with Crippen LogP contribution in [0.1, 0.15) is 15.9 Å². The predicted octanol–water partition coefficient (Wildman–Crippen LogP) is 2.57. The zero-order valence-electron chi connectivity index (χ0n) is 9.84. The number of anilines is 1. The van der Waals surface area contributed by atoms with Crippen molar-refractivity contribution in [3.63, 3.8) is 0 Å². The van der Waals surface area contributed by atoms with E-state index in [1.54, 1.807) is 24.5 Å². The molecule has 5 heteroatoms. The first kappa shape index (κ1) is 12.0. The molecular formula is C14H9BrN2O2. The van der Waals surface area contributed by atoms with Gasteiger partial charge in [0, 0.05) is 16.9 Å². The van der Waals surface area contributed by atoms with Crippen molar-refractivity contribution in [3.05, 3.63) is 58.3 Å². The van der Waals surface area contributed by atoms with E-state index in [4.69, 9.17) is 0 Å². The summed E-state index contributed by atoms with van der Waals surface area (Å²) in [5, 5.41) is 0. The number of rotatable bonds is 2. The van der Waals surface area contributed by atoms with Gasteiger partial charge in [0.1, 0.15) is 0 Å². The molecule has 0 spiro atoms. The van der Waals surface area contributed by atoms with Gasteiger partial charge in [0.15, 0.2) is 0 Å². The third-order valence-corrected chi connectivity index (χ3v) is 3.52. The highest BCUT2D eigenvalue weighted by atomic mass is 79.9. The molecule has 19 heavy (non-hydrogen) atoms. The maximum atomic E-state index is 12.0. The Hall–Kier alpha value is -2.01. The molecule has 0 saturated heterocycles. The van der Waals surface area contributed by atoms with E-state index < -0.39 is 11.7 Å². The predicted molar refractivity (Wildman–Crippen MR) is 73.9 cm³/mol. The summed E-state index contributed by atoms with van der Waals surface area (Å²) in [6, 6.07) is 8.94. The number of carbonyl (C=O) groups is 2. The molecule has 0 N–H and O–H groups in total. The molecule has 1 amide bonds. The Morgan fingerprint density at radius 3 is 2.58 bits per heavy atom. The van der Waals surface area contributed by atoms with Crippen LogP contribution in [-0.2, 0) is 11.3 Å². The topological polar surface area (TPSA) is 50.3 Å². The minimum absolute atomic E-state index is 0.377. The third kappa shape index (κ3) is 2.06. The number of halogens is 1. The standard InChI is InChI=1S/C14H9BrN2O2/c15-10-1-2-12-11(7-10)13(18)14(19)17(12)8-9-3-5-16-6-4-9/h1-7H,8H2. The van der Waals surface area contributed by atoms with Crippen LogP contribution in [0.2, 0.25) is 0 Å². The van der Waals surface area contributed by atoms with Crippen molar-refractivity contribution < 1.29 is 9.59 Å². The zero-order chi connectivity index (χ0) is 13.4. The van der Waals surface area contributed by atoms with E-state index in [0.717, 1.165) is 10.0 Å². The number of nitrogens with zero attached hydrogens (tertiary/aromatic N) is 2. The number of benzene rings is 1. The zero-order valence-corrected chi connectivity index (χ0v) is 11.4. The minimum Gasteiger partial charge on any atom is -0.300 e. The molecular weight excluding hydrogens is 308 g/mol. The lowest BCUT2D eigenvalue weighted by Crippen LogP contribution is -2.29. The highest BCUT2D eigenvalue weighted by molar-refractivity contribution is 9.10. The number of Topliss-reactive ketones (excluding diaryl/α,β-unsaturated/α-hetero) is 1. The first-order valence-electron chi connectivity index (χ1n) is 5.71. The highest BCUT2D eigenvalue weighted by Gasteiger charge is 2.35. The van der Waals surface area contributed by atoms with Crippen LogP contribution in [0.5, 0.6) is 0 Å². The van der Waals surface area contributed by atoms with Crippen molar-refractivity contribution in [2.45, 2.75) is 6.54 Å². The van der Waals surface area contributed by atoms with E-state index in [9.17, 15) is 9.59 Å². The van der Waals surface area contributed by atoms with Gasteiger partial charge >= 0.3 is 0 Å². The molecule has 0 saturated carbocycles. The molecule has 0 atom stereocenters. The summed E-state index contributed by atoms with van der Waals surface area (Å²) in [6.45, 7) is 0.377. The Bertz CT molecular complexity index is 670. The third-order valence-electron chi connectivity index (χ3n) is 3.02. The quantitative estimate of drug-likeness (QED) is 0.800. The van der Waals surface area contributed by atoms with Crippen LogP contribution in [0.3, 0.4) is 0 Å². The summed E-state index contributed by atoms with van der Waals surface area (Å²) in [5.74, 6) is -0.935. The van der Waals surface area contributed by atoms with E-state index >= 15 is 0 Å². The largest absolute Gasteiger partial charge is 0.300 e. The van der Waals surface area contributed by atoms with Gasteiger partial charge in [-0.05, 0) is 35.9 Å². The van der Waals surface area contributed by atoms with E-state index in [1.807, 2.05) is 18.2 Å². The number of ketones is 1. The second kappa shape index (κ2) is 4.59. The van der Waals surface area contributed by atoms with Crippen LogP contribution in [0, 0.1) is 0 Å². The molecule has 2 aromatic rings. The minimum atomic E-state index is -0.482. The average Bonchev–Trinajstić information content (AvgIpc) is 2.65. The van der Waals surface area contributed by atoms with Gasteiger partial charge in [-0.3, -0.25) is 14.6 Å². The molecule has 0 radical (unpaired) electrons. The van der Waals surface area contributed by atoms with Gasteiger partial charge in [-0.15, -0.1) is 0 Å². The van der Waals surface area contributed by atoms with Crippen LogP contribution in [0.4, 0.5) is 5.69 Å². The lowest BCUT2D eigenvalue weighted by molar-refractivity contribution is -0.114. The van der Waals surface area contributed by atoms with E-state index in [0.29, 0.717) is 17.8 Å². The molecule has 1 aromatic heterocycles. The lowest BCUT2D eigenvalue weighted by Gasteiger charge is -2.16. The monoisotopic (exact) mass is 316 g/mol. The summed E-state index contributed by atoms with van der Waals surface area (Å²) in [4.78, 5) is 29.4. The number of hydrogen-bond donors (Lipinski definition) is 0.